The van der Waals surface area contributed by atoms with Crippen molar-refractivity contribution >= 4 is 11.6 Å². The fraction of sp³-hybridized carbons (Fsp3) is 0.500. The highest BCUT2D eigenvalue weighted by Gasteiger charge is 2.09. The zero-order valence-corrected chi connectivity index (χ0v) is 10.5. The second kappa shape index (κ2) is 6.20. The van der Waals surface area contributed by atoms with Gasteiger partial charge in [-0.15, -0.1) is 0 Å². The summed E-state index contributed by atoms with van der Waals surface area (Å²) < 4.78 is 0. The third-order valence-corrected chi connectivity index (χ3v) is 2.29. The van der Waals surface area contributed by atoms with E-state index < -0.39 is 6.10 Å². The van der Waals surface area contributed by atoms with Crippen molar-refractivity contribution in [3.05, 3.63) is 24.0 Å². The van der Waals surface area contributed by atoms with Crippen molar-refractivity contribution in [2.45, 2.75) is 20.0 Å². The molecule has 0 aliphatic rings. The summed E-state index contributed by atoms with van der Waals surface area (Å²) in [6, 6.07) is 3.53. The maximum atomic E-state index is 11.6. The van der Waals surface area contributed by atoms with Gasteiger partial charge in [-0.3, -0.25) is 9.78 Å². The summed E-state index contributed by atoms with van der Waals surface area (Å²) in [4.78, 5) is 17.5. The van der Waals surface area contributed by atoms with Gasteiger partial charge in [-0.1, -0.05) is 0 Å². The van der Waals surface area contributed by atoms with E-state index in [2.05, 4.69) is 10.3 Å². The molecule has 1 aromatic rings. The molecule has 0 bridgehead atoms. The van der Waals surface area contributed by atoms with Crippen LogP contribution in [-0.2, 0) is 0 Å². The van der Waals surface area contributed by atoms with Crippen molar-refractivity contribution < 1.29 is 9.90 Å². The molecule has 1 unspecified atom stereocenters. The minimum atomic E-state index is -0.416. The van der Waals surface area contributed by atoms with Gasteiger partial charge in [0.15, 0.2) is 0 Å². The lowest BCUT2D eigenvalue weighted by Gasteiger charge is -2.21. The number of carbonyl (C=O) groups is 1. The monoisotopic (exact) mass is 237 g/mol. The van der Waals surface area contributed by atoms with Crippen molar-refractivity contribution in [2.75, 3.05) is 25.0 Å². The molecule has 94 valence electrons. The van der Waals surface area contributed by atoms with Gasteiger partial charge in [0, 0.05) is 32.0 Å². The van der Waals surface area contributed by atoms with Crippen LogP contribution < -0.4 is 10.2 Å². The number of rotatable bonds is 5. The molecule has 0 aliphatic carbocycles. The summed E-state index contributed by atoms with van der Waals surface area (Å²) in [7, 11) is 1.86. The average Bonchev–Trinajstić information content (AvgIpc) is 2.28. The summed E-state index contributed by atoms with van der Waals surface area (Å²) in [6.45, 7) is 4.68. The Balaban J connectivity index is 2.81. The van der Waals surface area contributed by atoms with Crippen LogP contribution in [0.3, 0.4) is 0 Å². The number of aliphatic hydroxyl groups is 1. The van der Waals surface area contributed by atoms with Gasteiger partial charge >= 0.3 is 0 Å². The molecule has 1 rings (SSSR count). The summed E-state index contributed by atoms with van der Waals surface area (Å²) in [5.74, 6) is -0.181. The third-order valence-electron chi connectivity index (χ3n) is 2.29. The maximum absolute atomic E-state index is 11.6. The van der Waals surface area contributed by atoms with Gasteiger partial charge < -0.3 is 15.3 Å². The van der Waals surface area contributed by atoms with Crippen LogP contribution in [0.15, 0.2) is 18.3 Å². The Morgan fingerprint density at radius 3 is 2.94 bits per heavy atom. The minimum Gasteiger partial charge on any atom is -0.392 e. The van der Waals surface area contributed by atoms with Crippen molar-refractivity contribution in [1.29, 1.82) is 0 Å². The summed E-state index contributed by atoms with van der Waals surface area (Å²) >= 11 is 0. The molecule has 0 aromatic carbocycles. The zero-order chi connectivity index (χ0) is 12.8. The van der Waals surface area contributed by atoms with Gasteiger partial charge in [-0.25, -0.2) is 0 Å². The van der Waals surface area contributed by atoms with Gasteiger partial charge in [-0.05, 0) is 26.0 Å². The number of hydrogen-bond acceptors (Lipinski definition) is 4. The fourth-order valence-corrected chi connectivity index (χ4v) is 1.53. The van der Waals surface area contributed by atoms with E-state index in [9.17, 15) is 9.90 Å². The molecule has 0 saturated carbocycles. The summed E-state index contributed by atoms with van der Waals surface area (Å²) in [5.41, 5.74) is 1.25. The molecular weight excluding hydrogens is 218 g/mol. The van der Waals surface area contributed by atoms with Crippen LogP contribution in [-0.4, -0.2) is 42.2 Å². The predicted octanol–water partition coefficient (Wildman–Crippen LogP) is 0.648. The number of likely N-dealkylation sites (N-methyl/N-ethyl adjacent to an activating group) is 1. The first kappa shape index (κ1) is 13.4. The highest BCUT2D eigenvalue weighted by molar-refractivity contribution is 5.93. The minimum absolute atomic E-state index is 0.181. The summed E-state index contributed by atoms with van der Waals surface area (Å²) in [6.07, 6.45) is 1.18. The largest absolute Gasteiger partial charge is 0.392 e. The fourth-order valence-electron chi connectivity index (χ4n) is 1.53. The maximum Gasteiger partial charge on any atom is 0.269 e. The molecular formula is C12H19N3O2. The molecule has 1 aromatic heterocycles. The smallest absolute Gasteiger partial charge is 0.269 e. The van der Waals surface area contributed by atoms with E-state index in [0.717, 1.165) is 5.69 Å². The lowest BCUT2D eigenvalue weighted by Crippen LogP contribution is -2.28. The Kier molecular flexibility index (Phi) is 4.90. The molecule has 0 spiro atoms. The van der Waals surface area contributed by atoms with Gasteiger partial charge in [-0.2, -0.15) is 0 Å². The lowest BCUT2D eigenvalue weighted by molar-refractivity contribution is 0.0951. The highest BCUT2D eigenvalue weighted by atomic mass is 16.3. The molecule has 0 aliphatic heterocycles. The Morgan fingerprint density at radius 2 is 2.35 bits per heavy atom. The van der Waals surface area contributed by atoms with Crippen molar-refractivity contribution in [1.82, 2.24) is 10.3 Å². The van der Waals surface area contributed by atoms with Crippen LogP contribution >= 0.6 is 0 Å². The number of anilines is 1. The molecule has 0 fully saturated rings. The van der Waals surface area contributed by atoms with E-state index in [0.29, 0.717) is 18.8 Å². The van der Waals surface area contributed by atoms with E-state index in [1.54, 1.807) is 19.2 Å². The number of hydrogen-bond donors (Lipinski definition) is 2. The van der Waals surface area contributed by atoms with Crippen LogP contribution in [0.25, 0.3) is 0 Å². The standard InChI is InChI=1S/C12H19N3O2/c1-4-13-12(17)11-7-10(5-6-14-11)15(3)8-9(2)16/h5-7,9,16H,4,8H2,1-3H3,(H,13,17). The summed E-state index contributed by atoms with van der Waals surface area (Å²) in [5, 5.41) is 12.0. The van der Waals surface area contributed by atoms with Crippen molar-refractivity contribution in [3.8, 4) is 0 Å². The molecule has 0 radical (unpaired) electrons. The Hall–Kier alpha value is -1.62. The predicted molar refractivity (Wildman–Crippen MR) is 67.2 cm³/mol. The van der Waals surface area contributed by atoms with Gasteiger partial charge in [0.2, 0.25) is 0 Å². The lowest BCUT2D eigenvalue weighted by atomic mass is 10.2. The highest BCUT2D eigenvalue weighted by Crippen LogP contribution is 2.13. The third kappa shape index (κ3) is 4.03. The topological polar surface area (TPSA) is 65.5 Å². The quantitative estimate of drug-likeness (QED) is 0.789. The second-order valence-electron chi connectivity index (χ2n) is 3.99. The molecule has 5 nitrogen and oxygen atoms in total. The molecule has 1 heterocycles. The van der Waals surface area contributed by atoms with E-state index >= 15 is 0 Å². The van der Waals surface area contributed by atoms with Crippen LogP contribution in [0.5, 0.6) is 0 Å². The normalized spacial score (nSPS) is 12.0. The van der Waals surface area contributed by atoms with Crippen molar-refractivity contribution in [3.63, 3.8) is 0 Å². The van der Waals surface area contributed by atoms with E-state index in [1.807, 2.05) is 24.9 Å². The first-order chi connectivity index (χ1) is 8.04. The second-order valence-corrected chi connectivity index (χ2v) is 3.99. The molecule has 0 saturated heterocycles. The van der Waals surface area contributed by atoms with E-state index in [4.69, 9.17) is 0 Å². The first-order valence-electron chi connectivity index (χ1n) is 5.68. The number of nitrogens with zero attached hydrogens (tertiary/aromatic N) is 2. The van der Waals surface area contributed by atoms with Crippen LogP contribution in [0, 0.1) is 0 Å². The molecule has 1 amide bonds. The van der Waals surface area contributed by atoms with E-state index in [-0.39, 0.29) is 5.91 Å². The first-order valence-corrected chi connectivity index (χ1v) is 5.68. The molecule has 5 heteroatoms. The Morgan fingerprint density at radius 1 is 1.65 bits per heavy atom. The van der Waals surface area contributed by atoms with E-state index in [1.165, 1.54) is 0 Å². The van der Waals surface area contributed by atoms with Gasteiger partial charge in [0.1, 0.15) is 5.69 Å². The van der Waals surface area contributed by atoms with Crippen LogP contribution in [0.1, 0.15) is 24.3 Å². The number of aliphatic hydroxyl groups excluding tert-OH is 1. The number of pyridine rings is 1. The average molecular weight is 237 g/mol. The number of amides is 1. The van der Waals surface area contributed by atoms with Crippen LogP contribution in [0.4, 0.5) is 5.69 Å². The van der Waals surface area contributed by atoms with Crippen LogP contribution in [0.2, 0.25) is 0 Å². The van der Waals surface area contributed by atoms with Gasteiger partial charge in [0.05, 0.1) is 6.10 Å². The molecule has 2 N–H and O–H groups in total. The SMILES string of the molecule is CCNC(=O)c1cc(N(C)CC(C)O)ccn1. The molecule has 17 heavy (non-hydrogen) atoms. The Labute approximate surface area is 101 Å². The van der Waals surface area contributed by atoms with Gasteiger partial charge in [0.25, 0.3) is 5.91 Å². The Bertz CT molecular complexity index is 380. The number of nitrogens with one attached hydrogen (secondary N) is 1. The number of aromatic nitrogens is 1. The zero-order valence-electron chi connectivity index (χ0n) is 10.5. The van der Waals surface area contributed by atoms with Crippen molar-refractivity contribution in [2.24, 2.45) is 0 Å². The number of carbonyl (C=O) groups excluding carboxylic acids is 1. The molecule has 1 atom stereocenters.